The molecule has 20 heavy (non-hydrogen) atoms. The normalized spacial score (nSPS) is 16.4. The zero-order valence-electron chi connectivity index (χ0n) is 11.0. The third kappa shape index (κ3) is 4.73. The van der Waals surface area contributed by atoms with Crippen molar-refractivity contribution in [1.29, 1.82) is 0 Å². The van der Waals surface area contributed by atoms with Gasteiger partial charge in [0.15, 0.2) is 5.11 Å². The molecule has 7 heteroatoms. The lowest BCUT2D eigenvalue weighted by molar-refractivity contribution is 0.290. The molecule has 1 aromatic rings. The number of nitrogens with one attached hydrogen (secondary N) is 1. The number of nitrogens with zero attached hydrogens (tertiary/aromatic N) is 2. The van der Waals surface area contributed by atoms with E-state index in [9.17, 15) is 4.39 Å². The Hall–Kier alpha value is -1.18. The largest absolute Gasteiger partial charge is 0.375 e. The van der Waals surface area contributed by atoms with Gasteiger partial charge in [0.05, 0.1) is 6.21 Å². The van der Waals surface area contributed by atoms with Crippen LogP contribution >= 0.6 is 24.0 Å². The summed E-state index contributed by atoms with van der Waals surface area (Å²) < 4.78 is 14.0. The smallest absolute Gasteiger partial charge is 0.184 e. The second kappa shape index (κ2) is 7.56. The average Bonchev–Trinajstić information content (AvgIpc) is 2.42. The Morgan fingerprint density at radius 1 is 1.50 bits per heavy atom. The van der Waals surface area contributed by atoms with Gasteiger partial charge in [0, 0.05) is 36.7 Å². The number of nitrogens with two attached hydrogens (primary N) is 1. The van der Waals surface area contributed by atoms with Gasteiger partial charge in [-0.2, -0.15) is 16.9 Å². The Balaban J connectivity index is 1.98. The molecule has 1 aromatic carbocycles. The lowest BCUT2D eigenvalue weighted by Crippen LogP contribution is -2.32. The summed E-state index contributed by atoms with van der Waals surface area (Å²) in [5, 5.41) is 3.89. The number of halogens is 1. The molecule has 0 spiro atoms. The third-order valence-electron chi connectivity index (χ3n) is 2.96. The summed E-state index contributed by atoms with van der Waals surface area (Å²) in [7, 11) is 0. The third-order valence-corrected chi connectivity index (χ3v) is 4.00. The maximum Gasteiger partial charge on any atom is 0.184 e. The van der Waals surface area contributed by atoms with E-state index in [1.54, 1.807) is 6.07 Å². The SMILES string of the molecule is NC(=S)NN=Cc1ccc(CN2CCSCC2)c(F)c1. The molecular formula is C13H17FN4S2. The molecule has 1 aliphatic rings. The Kier molecular flexibility index (Phi) is 5.75. The van der Waals surface area contributed by atoms with Crippen LogP contribution in [-0.2, 0) is 6.54 Å². The monoisotopic (exact) mass is 312 g/mol. The van der Waals surface area contributed by atoms with Crippen LogP contribution in [0, 0.1) is 5.82 Å². The predicted octanol–water partition coefficient (Wildman–Crippen LogP) is 1.54. The molecule has 3 N–H and O–H groups in total. The van der Waals surface area contributed by atoms with E-state index >= 15 is 0 Å². The fourth-order valence-electron chi connectivity index (χ4n) is 1.94. The first-order valence-electron chi connectivity index (χ1n) is 6.32. The number of thioether (sulfide) groups is 1. The van der Waals surface area contributed by atoms with Gasteiger partial charge in [-0.3, -0.25) is 10.3 Å². The van der Waals surface area contributed by atoms with Crippen molar-refractivity contribution in [1.82, 2.24) is 10.3 Å². The average molecular weight is 312 g/mol. The van der Waals surface area contributed by atoms with Crippen molar-refractivity contribution in [3.05, 3.63) is 35.1 Å². The van der Waals surface area contributed by atoms with Crippen molar-refractivity contribution >= 4 is 35.3 Å². The van der Waals surface area contributed by atoms with E-state index in [2.05, 4.69) is 27.6 Å². The van der Waals surface area contributed by atoms with E-state index in [0.717, 1.165) is 30.2 Å². The second-order valence-corrected chi connectivity index (χ2v) is 6.14. The van der Waals surface area contributed by atoms with E-state index in [4.69, 9.17) is 5.73 Å². The molecule has 1 saturated heterocycles. The summed E-state index contributed by atoms with van der Waals surface area (Å²) in [4.78, 5) is 2.27. The van der Waals surface area contributed by atoms with E-state index in [0.29, 0.717) is 12.1 Å². The van der Waals surface area contributed by atoms with Crippen molar-refractivity contribution in [2.75, 3.05) is 24.6 Å². The molecule has 0 unspecified atom stereocenters. The van der Waals surface area contributed by atoms with Gasteiger partial charge in [-0.15, -0.1) is 0 Å². The predicted molar refractivity (Wildman–Crippen MR) is 86.5 cm³/mol. The van der Waals surface area contributed by atoms with Gasteiger partial charge in [0.2, 0.25) is 0 Å². The first-order chi connectivity index (χ1) is 9.65. The molecule has 1 heterocycles. The minimum atomic E-state index is -0.206. The van der Waals surface area contributed by atoms with Crippen molar-refractivity contribution in [2.45, 2.75) is 6.54 Å². The fraction of sp³-hybridized carbons (Fsp3) is 0.385. The fourth-order valence-corrected chi connectivity index (χ4v) is 2.97. The molecule has 0 atom stereocenters. The zero-order chi connectivity index (χ0) is 14.4. The van der Waals surface area contributed by atoms with Crippen molar-refractivity contribution in [3.8, 4) is 0 Å². The summed E-state index contributed by atoms with van der Waals surface area (Å²) in [6.45, 7) is 2.70. The van der Waals surface area contributed by atoms with E-state index in [1.165, 1.54) is 12.3 Å². The van der Waals surface area contributed by atoms with Gasteiger partial charge in [-0.05, 0) is 23.8 Å². The number of hydrazone groups is 1. The van der Waals surface area contributed by atoms with Crippen LogP contribution < -0.4 is 11.2 Å². The van der Waals surface area contributed by atoms with Crippen LogP contribution in [0.5, 0.6) is 0 Å². The van der Waals surface area contributed by atoms with E-state index in [1.807, 2.05) is 17.8 Å². The van der Waals surface area contributed by atoms with Gasteiger partial charge in [-0.25, -0.2) is 4.39 Å². The van der Waals surface area contributed by atoms with Crippen molar-refractivity contribution in [2.24, 2.45) is 10.8 Å². The summed E-state index contributed by atoms with van der Waals surface area (Å²) >= 11 is 6.57. The van der Waals surface area contributed by atoms with Crippen LogP contribution in [0.25, 0.3) is 0 Å². The van der Waals surface area contributed by atoms with Crippen LogP contribution in [0.3, 0.4) is 0 Å². The number of benzene rings is 1. The molecule has 0 bridgehead atoms. The van der Waals surface area contributed by atoms with Gasteiger partial charge >= 0.3 is 0 Å². The lowest BCUT2D eigenvalue weighted by Gasteiger charge is -2.26. The maximum absolute atomic E-state index is 14.0. The van der Waals surface area contributed by atoms with Crippen molar-refractivity contribution < 1.29 is 4.39 Å². The molecule has 1 fully saturated rings. The molecule has 108 valence electrons. The van der Waals surface area contributed by atoms with Crippen LogP contribution in [0.4, 0.5) is 4.39 Å². The quantitative estimate of drug-likeness (QED) is 0.502. The maximum atomic E-state index is 14.0. The molecule has 0 amide bonds. The highest BCUT2D eigenvalue weighted by atomic mass is 32.2. The molecule has 1 aliphatic heterocycles. The minimum absolute atomic E-state index is 0.0845. The summed E-state index contributed by atoms with van der Waals surface area (Å²) in [5.74, 6) is 2.04. The molecule has 0 aliphatic carbocycles. The highest BCUT2D eigenvalue weighted by Crippen LogP contribution is 2.16. The Morgan fingerprint density at radius 3 is 2.90 bits per heavy atom. The van der Waals surface area contributed by atoms with Crippen molar-refractivity contribution in [3.63, 3.8) is 0 Å². The topological polar surface area (TPSA) is 53.6 Å². The summed E-state index contributed by atoms with van der Waals surface area (Å²) in [6, 6.07) is 5.11. The van der Waals surface area contributed by atoms with Crippen LogP contribution in [-0.4, -0.2) is 40.8 Å². The second-order valence-electron chi connectivity index (χ2n) is 4.47. The molecule has 4 nitrogen and oxygen atoms in total. The highest BCUT2D eigenvalue weighted by molar-refractivity contribution is 7.99. The van der Waals surface area contributed by atoms with Gasteiger partial charge < -0.3 is 5.73 Å². The van der Waals surface area contributed by atoms with Gasteiger partial charge in [-0.1, -0.05) is 12.1 Å². The number of thiocarbonyl (C=S) groups is 1. The number of hydrogen-bond donors (Lipinski definition) is 2. The van der Waals surface area contributed by atoms with Gasteiger partial charge in [0.1, 0.15) is 5.82 Å². The highest BCUT2D eigenvalue weighted by Gasteiger charge is 2.12. The van der Waals surface area contributed by atoms with Crippen LogP contribution in [0.15, 0.2) is 23.3 Å². The lowest BCUT2D eigenvalue weighted by atomic mass is 10.1. The first kappa shape index (κ1) is 15.2. The molecule has 2 rings (SSSR count). The Morgan fingerprint density at radius 2 is 2.25 bits per heavy atom. The number of rotatable bonds is 4. The molecular weight excluding hydrogens is 295 g/mol. The molecule has 0 radical (unpaired) electrons. The summed E-state index contributed by atoms with van der Waals surface area (Å²) in [5.41, 5.74) is 9.07. The Labute approximate surface area is 127 Å². The zero-order valence-corrected chi connectivity index (χ0v) is 12.6. The first-order valence-corrected chi connectivity index (χ1v) is 7.88. The molecule has 0 aromatic heterocycles. The van der Waals surface area contributed by atoms with Crippen LogP contribution in [0.1, 0.15) is 11.1 Å². The number of hydrogen-bond acceptors (Lipinski definition) is 4. The summed E-state index contributed by atoms with van der Waals surface area (Å²) in [6.07, 6.45) is 1.49. The Bertz CT molecular complexity index is 501. The van der Waals surface area contributed by atoms with Crippen LogP contribution in [0.2, 0.25) is 0 Å². The minimum Gasteiger partial charge on any atom is -0.375 e. The standard InChI is InChI=1S/C13H17FN4S2/c14-12-7-10(8-16-17-13(15)19)1-2-11(12)9-18-3-5-20-6-4-18/h1-2,7-8H,3-6,9H2,(H3,15,17,19). The molecule has 0 saturated carbocycles. The van der Waals surface area contributed by atoms with Gasteiger partial charge in [0.25, 0.3) is 0 Å². The van der Waals surface area contributed by atoms with E-state index in [-0.39, 0.29) is 10.9 Å². The van der Waals surface area contributed by atoms with E-state index < -0.39 is 0 Å².